The molecular formula is C20H21F5N2O3S. The zero-order chi connectivity index (χ0) is 23.2. The third-order valence-electron chi connectivity index (χ3n) is 4.94. The molecule has 0 amide bonds. The second kappa shape index (κ2) is 8.01. The molecule has 5 nitrogen and oxygen atoms in total. The van der Waals surface area contributed by atoms with Crippen LogP contribution in [0.3, 0.4) is 0 Å². The summed E-state index contributed by atoms with van der Waals surface area (Å²) in [6, 6.07) is 5.64. The number of benzene rings is 1. The van der Waals surface area contributed by atoms with E-state index in [4.69, 9.17) is 0 Å². The van der Waals surface area contributed by atoms with Gasteiger partial charge in [-0.05, 0) is 62.1 Å². The largest absolute Gasteiger partial charge is 0.534 e. The number of pyridine rings is 1. The van der Waals surface area contributed by atoms with E-state index in [1.54, 1.807) is 0 Å². The summed E-state index contributed by atoms with van der Waals surface area (Å²) in [5.41, 5.74) is -5.38. The van der Waals surface area contributed by atoms with Crippen molar-refractivity contribution in [1.82, 2.24) is 9.88 Å². The van der Waals surface area contributed by atoms with Crippen LogP contribution in [0.4, 0.5) is 22.0 Å². The lowest BCUT2D eigenvalue weighted by molar-refractivity contribution is -0.0500. The Kier molecular flexibility index (Phi) is 6.05. The van der Waals surface area contributed by atoms with Gasteiger partial charge in [-0.25, -0.2) is 9.37 Å². The van der Waals surface area contributed by atoms with Gasteiger partial charge in [0.1, 0.15) is 11.4 Å². The molecule has 1 aromatic heterocycles. The van der Waals surface area contributed by atoms with Gasteiger partial charge in [0.2, 0.25) is 5.95 Å². The lowest BCUT2D eigenvalue weighted by Crippen LogP contribution is -2.47. The predicted molar refractivity (Wildman–Crippen MR) is 103 cm³/mol. The van der Waals surface area contributed by atoms with Crippen LogP contribution in [0.2, 0.25) is 0 Å². The number of fused-ring (bicyclic) bond motifs is 1. The highest BCUT2D eigenvalue weighted by Crippen LogP contribution is 2.40. The van der Waals surface area contributed by atoms with Crippen LogP contribution in [0.25, 0.3) is 0 Å². The fourth-order valence-corrected chi connectivity index (χ4v) is 4.17. The van der Waals surface area contributed by atoms with E-state index < -0.39 is 39.0 Å². The van der Waals surface area contributed by atoms with E-state index in [0.29, 0.717) is 23.1 Å². The Labute approximate surface area is 177 Å². The van der Waals surface area contributed by atoms with E-state index >= 15 is 0 Å². The minimum Gasteiger partial charge on any atom is -0.376 e. The maximum Gasteiger partial charge on any atom is 0.534 e. The van der Waals surface area contributed by atoms with Crippen molar-refractivity contribution in [2.24, 2.45) is 0 Å². The monoisotopic (exact) mass is 464 g/mol. The van der Waals surface area contributed by atoms with Gasteiger partial charge in [0.15, 0.2) is 0 Å². The van der Waals surface area contributed by atoms with Crippen molar-refractivity contribution in [3.8, 4) is 5.75 Å². The second-order valence-electron chi connectivity index (χ2n) is 8.10. The highest BCUT2D eigenvalue weighted by atomic mass is 32.2. The zero-order valence-electron chi connectivity index (χ0n) is 17.0. The normalized spacial score (nSPS) is 20.4. The van der Waals surface area contributed by atoms with Crippen LogP contribution in [-0.2, 0) is 16.5 Å². The second-order valence-corrected chi connectivity index (χ2v) is 9.64. The zero-order valence-corrected chi connectivity index (χ0v) is 17.8. The van der Waals surface area contributed by atoms with Crippen LogP contribution in [0.15, 0.2) is 36.5 Å². The number of rotatable bonds is 5. The third-order valence-corrected chi connectivity index (χ3v) is 5.91. The van der Waals surface area contributed by atoms with E-state index in [9.17, 15) is 30.4 Å². The summed E-state index contributed by atoms with van der Waals surface area (Å²) in [6.07, 6.45) is 1.64. The highest BCUT2D eigenvalue weighted by molar-refractivity contribution is 7.88. The van der Waals surface area contributed by atoms with Gasteiger partial charge >= 0.3 is 15.6 Å². The number of aromatic nitrogens is 1. The average molecular weight is 464 g/mol. The molecule has 11 heteroatoms. The molecule has 2 aromatic rings. The SMILES string of the molecule is C[C@@H]1Cc2cc(OS(=O)(=O)C(F)(F)F)ccc2[C@@H](c2ccc(F)nc2)N1CC(C)(C)F. The molecular weight excluding hydrogens is 443 g/mol. The number of halogens is 5. The van der Waals surface area contributed by atoms with Crippen LogP contribution in [0.1, 0.15) is 43.5 Å². The van der Waals surface area contributed by atoms with E-state index in [-0.39, 0.29) is 12.6 Å². The molecule has 0 spiro atoms. The molecule has 2 heterocycles. The number of nitrogens with zero attached hydrogens (tertiary/aromatic N) is 2. The molecule has 0 bridgehead atoms. The van der Waals surface area contributed by atoms with Crippen LogP contribution in [0, 0.1) is 5.95 Å². The summed E-state index contributed by atoms with van der Waals surface area (Å²) in [6.45, 7) is 4.71. The van der Waals surface area contributed by atoms with Gasteiger partial charge in [-0.15, -0.1) is 0 Å². The molecule has 0 radical (unpaired) electrons. The van der Waals surface area contributed by atoms with Gasteiger partial charge in [0, 0.05) is 18.8 Å². The van der Waals surface area contributed by atoms with Crippen molar-refractivity contribution in [2.75, 3.05) is 6.54 Å². The average Bonchev–Trinajstić information content (AvgIpc) is 2.61. The molecule has 0 aliphatic carbocycles. The minimum atomic E-state index is -5.81. The van der Waals surface area contributed by atoms with Crippen LogP contribution in [-0.4, -0.2) is 42.1 Å². The topological polar surface area (TPSA) is 59.5 Å². The first kappa shape index (κ1) is 23.4. The lowest BCUT2D eigenvalue weighted by Gasteiger charge is -2.44. The molecule has 0 unspecified atom stereocenters. The summed E-state index contributed by atoms with van der Waals surface area (Å²) in [4.78, 5) is 5.53. The van der Waals surface area contributed by atoms with Crippen molar-refractivity contribution in [3.63, 3.8) is 0 Å². The molecule has 0 N–H and O–H groups in total. The Morgan fingerprint density at radius 2 is 1.84 bits per heavy atom. The smallest absolute Gasteiger partial charge is 0.376 e. The fourth-order valence-electron chi connectivity index (χ4n) is 3.72. The van der Waals surface area contributed by atoms with Crippen LogP contribution in [0.5, 0.6) is 5.75 Å². The summed E-state index contributed by atoms with van der Waals surface area (Å²) in [7, 11) is -5.81. The Morgan fingerprint density at radius 3 is 2.39 bits per heavy atom. The number of hydrogen-bond acceptors (Lipinski definition) is 5. The van der Waals surface area contributed by atoms with Gasteiger partial charge in [-0.1, -0.05) is 12.1 Å². The highest BCUT2D eigenvalue weighted by Gasteiger charge is 2.48. The van der Waals surface area contributed by atoms with Crippen LogP contribution < -0.4 is 4.18 Å². The maximum absolute atomic E-state index is 14.5. The summed E-state index contributed by atoms with van der Waals surface area (Å²) < 4.78 is 92.8. The van der Waals surface area contributed by atoms with Crippen molar-refractivity contribution in [3.05, 3.63) is 59.2 Å². The van der Waals surface area contributed by atoms with E-state index in [2.05, 4.69) is 9.17 Å². The number of alkyl halides is 4. The van der Waals surface area contributed by atoms with Crippen molar-refractivity contribution in [2.45, 2.75) is 50.5 Å². The maximum atomic E-state index is 14.5. The quantitative estimate of drug-likeness (QED) is 0.282. The number of hydrogen-bond donors (Lipinski definition) is 0. The van der Waals surface area contributed by atoms with Gasteiger partial charge in [-0.2, -0.15) is 26.0 Å². The van der Waals surface area contributed by atoms with Gasteiger partial charge in [-0.3, -0.25) is 4.90 Å². The Morgan fingerprint density at radius 1 is 1.16 bits per heavy atom. The van der Waals surface area contributed by atoms with E-state index in [1.807, 2.05) is 11.8 Å². The van der Waals surface area contributed by atoms with Crippen molar-refractivity contribution >= 4 is 10.1 Å². The van der Waals surface area contributed by atoms with Gasteiger partial charge in [0.05, 0.1) is 6.04 Å². The molecule has 3 rings (SSSR count). The first-order chi connectivity index (χ1) is 14.2. The van der Waals surface area contributed by atoms with Crippen LogP contribution >= 0.6 is 0 Å². The Hall–Kier alpha value is -2.27. The Balaban J connectivity index is 2.06. The molecule has 31 heavy (non-hydrogen) atoms. The summed E-state index contributed by atoms with van der Waals surface area (Å²) in [5.74, 6) is -1.16. The predicted octanol–water partition coefficient (Wildman–Crippen LogP) is 4.53. The lowest BCUT2D eigenvalue weighted by atomic mass is 9.84. The minimum absolute atomic E-state index is 0.0380. The molecule has 1 aromatic carbocycles. The molecule has 0 saturated heterocycles. The van der Waals surface area contributed by atoms with Crippen molar-refractivity contribution in [1.29, 1.82) is 0 Å². The van der Waals surface area contributed by atoms with Crippen molar-refractivity contribution < 1.29 is 34.6 Å². The first-order valence-corrected chi connectivity index (χ1v) is 10.8. The fraction of sp³-hybridized carbons (Fsp3) is 0.450. The molecule has 170 valence electrons. The van der Waals surface area contributed by atoms with Gasteiger partial charge < -0.3 is 4.18 Å². The summed E-state index contributed by atoms with van der Waals surface area (Å²) in [5, 5.41) is 0. The standard InChI is InChI=1S/C20H21F5N2O3S/c1-12-8-14-9-15(30-31(28,29)20(23,24)25)5-6-16(14)18(27(12)11-19(2,3)22)13-4-7-17(21)26-10-13/h4-7,9-10,12,18H,8,11H2,1-3H3/t12-,18-/m1/s1. The molecule has 0 saturated carbocycles. The van der Waals surface area contributed by atoms with Gasteiger partial charge in [0.25, 0.3) is 0 Å². The summed E-state index contributed by atoms with van der Waals surface area (Å²) >= 11 is 0. The Bertz CT molecular complexity index is 1050. The first-order valence-electron chi connectivity index (χ1n) is 9.38. The molecule has 1 aliphatic heterocycles. The molecule has 0 fully saturated rings. The molecule has 1 aliphatic rings. The molecule has 2 atom stereocenters. The third kappa shape index (κ3) is 5.15. The van der Waals surface area contributed by atoms with E-state index in [0.717, 1.165) is 6.07 Å². The van der Waals surface area contributed by atoms with E-state index in [1.165, 1.54) is 44.3 Å².